The fourth-order valence-electron chi connectivity index (χ4n) is 4.74. The third-order valence-electron chi connectivity index (χ3n) is 6.68. The van der Waals surface area contributed by atoms with Gasteiger partial charge in [0.05, 0.1) is 23.1 Å². The van der Waals surface area contributed by atoms with Crippen LogP contribution in [0.25, 0.3) is 5.65 Å². The van der Waals surface area contributed by atoms with Gasteiger partial charge in [-0.3, -0.25) is 10.3 Å². The zero-order valence-electron chi connectivity index (χ0n) is 21.4. The average Bonchev–Trinajstić information content (AvgIpc) is 3.43. The second kappa shape index (κ2) is 8.46. The predicted octanol–water partition coefficient (Wildman–Crippen LogP) is 4.51. The normalized spacial score (nSPS) is 16.9. The Labute approximate surface area is 209 Å². The van der Waals surface area contributed by atoms with Gasteiger partial charge >= 0.3 is 6.09 Å². The summed E-state index contributed by atoms with van der Waals surface area (Å²) in [5.74, 6) is 0.111. The molecular formula is C26H32FN7O2. The summed E-state index contributed by atoms with van der Waals surface area (Å²) in [6.07, 6.45) is 6.86. The summed E-state index contributed by atoms with van der Waals surface area (Å²) < 4.78 is 21.7. The summed E-state index contributed by atoms with van der Waals surface area (Å²) >= 11 is 0. The van der Waals surface area contributed by atoms with Gasteiger partial charge in [-0.25, -0.2) is 19.2 Å². The van der Waals surface area contributed by atoms with Gasteiger partial charge in [-0.1, -0.05) is 0 Å². The number of ether oxygens (including phenoxy) is 1. The van der Waals surface area contributed by atoms with E-state index in [0.29, 0.717) is 30.2 Å². The molecule has 1 amide bonds. The molecule has 1 spiro atoms. The average molecular weight is 494 g/mol. The van der Waals surface area contributed by atoms with Crippen LogP contribution in [0.5, 0.6) is 0 Å². The van der Waals surface area contributed by atoms with E-state index in [0.717, 1.165) is 30.6 Å². The quantitative estimate of drug-likeness (QED) is 0.411. The Morgan fingerprint density at radius 2 is 1.94 bits per heavy atom. The zero-order chi connectivity index (χ0) is 25.8. The number of hydrogen-bond acceptors (Lipinski definition) is 6. The third kappa shape index (κ3) is 4.59. The first-order chi connectivity index (χ1) is 16.9. The Morgan fingerprint density at radius 3 is 2.61 bits per heavy atom. The van der Waals surface area contributed by atoms with Crippen LogP contribution in [0.3, 0.4) is 0 Å². The number of pyridine rings is 2. The van der Waals surface area contributed by atoms with Crippen molar-refractivity contribution in [3.05, 3.63) is 53.4 Å². The number of anilines is 2. The molecule has 0 unspecified atom stereocenters. The number of nitrogens with zero attached hydrogens (tertiary/aromatic N) is 5. The molecule has 10 heteroatoms. The van der Waals surface area contributed by atoms with E-state index in [1.807, 2.05) is 38.7 Å². The molecule has 4 heterocycles. The monoisotopic (exact) mass is 493 g/mol. The second-order valence-corrected chi connectivity index (χ2v) is 10.8. The number of aromatic nitrogens is 3. The van der Waals surface area contributed by atoms with Crippen molar-refractivity contribution in [1.29, 1.82) is 5.41 Å². The molecule has 2 fully saturated rings. The number of carbonyl (C=O) groups excluding carboxylic acids is 1. The largest absolute Gasteiger partial charge is 0.444 e. The summed E-state index contributed by atoms with van der Waals surface area (Å²) in [6, 6.07) is 3.34. The maximum Gasteiger partial charge on any atom is 0.410 e. The molecule has 2 aliphatic rings. The predicted molar refractivity (Wildman–Crippen MR) is 136 cm³/mol. The summed E-state index contributed by atoms with van der Waals surface area (Å²) in [7, 11) is 0. The fourth-order valence-corrected chi connectivity index (χ4v) is 4.74. The number of halogens is 1. The molecule has 3 aromatic rings. The van der Waals surface area contributed by atoms with Crippen LogP contribution >= 0.6 is 0 Å². The molecule has 1 aliphatic heterocycles. The third-order valence-corrected chi connectivity index (χ3v) is 6.68. The van der Waals surface area contributed by atoms with Gasteiger partial charge in [-0.2, -0.15) is 0 Å². The van der Waals surface area contributed by atoms with Gasteiger partial charge in [-0.05, 0) is 65.2 Å². The lowest BCUT2D eigenvalue weighted by Crippen LogP contribution is -2.58. The van der Waals surface area contributed by atoms with Crippen LogP contribution < -0.4 is 10.2 Å². The van der Waals surface area contributed by atoms with Crippen LogP contribution in [0.2, 0.25) is 0 Å². The summed E-state index contributed by atoms with van der Waals surface area (Å²) in [5, 5.41) is 11.5. The first-order valence-corrected chi connectivity index (χ1v) is 12.2. The van der Waals surface area contributed by atoms with Crippen molar-refractivity contribution in [3.8, 4) is 0 Å². The molecule has 1 aliphatic carbocycles. The SMILES string of the molecule is Cc1cn2cc(C(=N)Nc3ncc(N4CCN(C(=O)OC(C)(C)C)C5(CC5)C4)cc3C)cc(F)c2n1. The van der Waals surface area contributed by atoms with Crippen molar-refractivity contribution in [3.63, 3.8) is 0 Å². The van der Waals surface area contributed by atoms with Crippen LogP contribution in [0, 0.1) is 25.1 Å². The van der Waals surface area contributed by atoms with E-state index in [9.17, 15) is 9.18 Å². The molecule has 1 saturated carbocycles. The number of amides is 1. The molecule has 190 valence electrons. The summed E-state index contributed by atoms with van der Waals surface area (Å²) in [4.78, 5) is 25.6. The van der Waals surface area contributed by atoms with Gasteiger partial charge in [0.15, 0.2) is 11.5 Å². The maximum absolute atomic E-state index is 14.5. The second-order valence-electron chi connectivity index (χ2n) is 10.8. The molecule has 0 aromatic carbocycles. The van der Waals surface area contributed by atoms with E-state index in [4.69, 9.17) is 10.1 Å². The van der Waals surface area contributed by atoms with Crippen molar-refractivity contribution in [2.45, 2.75) is 58.6 Å². The minimum atomic E-state index is -0.517. The zero-order valence-corrected chi connectivity index (χ0v) is 21.4. The molecular weight excluding hydrogens is 461 g/mol. The van der Waals surface area contributed by atoms with E-state index in [2.05, 4.69) is 20.2 Å². The highest BCUT2D eigenvalue weighted by atomic mass is 19.1. The van der Waals surface area contributed by atoms with Crippen LogP contribution in [0.4, 0.5) is 20.7 Å². The smallest absolute Gasteiger partial charge is 0.410 e. The molecule has 3 aromatic heterocycles. The van der Waals surface area contributed by atoms with Crippen LogP contribution in [0.1, 0.15) is 50.4 Å². The highest BCUT2D eigenvalue weighted by Gasteiger charge is 2.54. The Hall–Kier alpha value is -3.69. The first-order valence-electron chi connectivity index (χ1n) is 12.2. The molecule has 1 saturated heterocycles. The maximum atomic E-state index is 14.5. The topological polar surface area (TPSA) is 98.9 Å². The summed E-state index contributed by atoms with van der Waals surface area (Å²) in [6.45, 7) is 11.4. The number of imidazole rings is 1. The number of carbonyl (C=O) groups is 1. The lowest BCUT2D eigenvalue weighted by molar-refractivity contribution is 0.0106. The van der Waals surface area contributed by atoms with Gasteiger partial charge in [0, 0.05) is 37.6 Å². The van der Waals surface area contributed by atoms with Crippen molar-refractivity contribution in [1.82, 2.24) is 19.3 Å². The fraction of sp³-hybridized carbons (Fsp3) is 0.462. The van der Waals surface area contributed by atoms with E-state index < -0.39 is 11.4 Å². The molecule has 0 atom stereocenters. The molecule has 0 bridgehead atoms. The highest BCUT2D eigenvalue weighted by molar-refractivity contribution is 6.06. The van der Waals surface area contributed by atoms with Crippen molar-refractivity contribution in [2.24, 2.45) is 0 Å². The van der Waals surface area contributed by atoms with Gasteiger partial charge in [0.2, 0.25) is 0 Å². The molecule has 9 nitrogen and oxygen atoms in total. The number of amidine groups is 1. The van der Waals surface area contributed by atoms with E-state index >= 15 is 0 Å². The summed E-state index contributed by atoms with van der Waals surface area (Å²) in [5.41, 5.74) is 2.50. The number of rotatable bonds is 3. The molecule has 2 N–H and O–H groups in total. The van der Waals surface area contributed by atoms with Gasteiger partial charge in [0.25, 0.3) is 0 Å². The van der Waals surface area contributed by atoms with E-state index in [1.54, 1.807) is 29.9 Å². The van der Waals surface area contributed by atoms with Crippen molar-refractivity contribution >= 4 is 29.1 Å². The van der Waals surface area contributed by atoms with Crippen molar-refractivity contribution in [2.75, 3.05) is 29.9 Å². The molecule has 0 radical (unpaired) electrons. The number of nitrogens with one attached hydrogen (secondary N) is 2. The minimum Gasteiger partial charge on any atom is -0.444 e. The lowest BCUT2D eigenvalue weighted by atomic mass is 10.1. The number of fused-ring (bicyclic) bond motifs is 1. The standard InChI is InChI=1S/C26H32FN7O2/c1-16-10-19(32-8-9-34(26(15-32)6-7-26)24(35)36-25(3,4)5)12-29-22(16)31-21(28)18-11-20(27)23-30-17(2)13-33(23)14-18/h10-14H,6-9,15H2,1-5H3,(H2,28,29,31). The lowest BCUT2D eigenvalue weighted by Gasteiger charge is -2.43. The van der Waals surface area contributed by atoms with Gasteiger partial charge < -0.3 is 19.4 Å². The van der Waals surface area contributed by atoms with Gasteiger partial charge in [0.1, 0.15) is 17.3 Å². The number of hydrogen-bond donors (Lipinski definition) is 2. The first kappa shape index (κ1) is 24.0. The highest BCUT2D eigenvalue weighted by Crippen LogP contribution is 2.45. The van der Waals surface area contributed by atoms with Gasteiger partial charge in [-0.15, -0.1) is 0 Å². The van der Waals surface area contributed by atoms with E-state index in [-0.39, 0.29) is 23.1 Å². The molecule has 5 rings (SSSR count). The van der Waals surface area contributed by atoms with Crippen LogP contribution in [0.15, 0.2) is 30.7 Å². The van der Waals surface area contributed by atoms with E-state index in [1.165, 1.54) is 6.07 Å². The Kier molecular flexibility index (Phi) is 5.65. The molecule has 36 heavy (non-hydrogen) atoms. The van der Waals surface area contributed by atoms with Crippen molar-refractivity contribution < 1.29 is 13.9 Å². The Morgan fingerprint density at radius 1 is 1.19 bits per heavy atom. The minimum absolute atomic E-state index is 0.0495. The Bertz CT molecular complexity index is 1360. The number of aryl methyl sites for hydroxylation is 2. The van der Waals surface area contributed by atoms with Crippen LogP contribution in [-0.2, 0) is 4.74 Å². The van der Waals surface area contributed by atoms with Crippen LogP contribution in [-0.4, -0.2) is 62.0 Å². The number of piperazine rings is 1. The Balaban J connectivity index is 1.28.